The van der Waals surface area contributed by atoms with Gasteiger partial charge in [-0.25, -0.2) is 0 Å². The van der Waals surface area contributed by atoms with E-state index in [9.17, 15) is 8.42 Å². The Morgan fingerprint density at radius 3 is 1.12 bits per heavy atom. The predicted molar refractivity (Wildman–Crippen MR) is 207 cm³/mol. The molecule has 1 aromatic carbocycles. The van der Waals surface area contributed by atoms with Gasteiger partial charge in [-0.15, -0.1) is 0 Å². The molecule has 0 saturated carbocycles. The van der Waals surface area contributed by atoms with E-state index in [1.807, 2.05) is 6.07 Å². The number of ether oxygens (including phenoxy) is 2. The molecule has 0 aliphatic heterocycles. The first-order valence-electron chi connectivity index (χ1n) is 20.7. The monoisotopic (exact) mass is 695 g/mol. The summed E-state index contributed by atoms with van der Waals surface area (Å²) in [5, 5.41) is 0. The van der Waals surface area contributed by atoms with Crippen molar-refractivity contribution in [2.45, 2.75) is 206 Å². The van der Waals surface area contributed by atoms with Crippen molar-refractivity contribution in [3.05, 3.63) is 23.8 Å². The van der Waals surface area contributed by atoms with Gasteiger partial charge in [0.2, 0.25) is 0 Å². The second kappa shape index (κ2) is 32.9. The first-order valence-corrected chi connectivity index (χ1v) is 22.5. The molecule has 0 heterocycles. The molecule has 0 amide bonds. The molecule has 0 saturated heterocycles. The molecule has 0 bridgehead atoms. The van der Waals surface area contributed by atoms with Crippen LogP contribution in [-0.4, -0.2) is 34.5 Å². The van der Waals surface area contributed by atoms with Crippen LogP contribution >= 0.6 is 0 Å². The predicted octanol–water partition coefficient (Wildman–Crippen LogP) is 13.3. The molecule has 0 N–H and O–H groups in total. The summed E-state index contributed by atoms with van der Waals surface area (Å²) in [4.78, 5) is 0. The van der Waals surface area contributed by atoms with Crippen LogP contribution in [0.2, 0.25) is 0 Å². The van der Waals surface area contributed by atoms with E-state index in [1.54, 1.807) is 0 Å². The van der Waals surface area contributed by atoms with Crippen molar-refractivity contribution in [3.63, 3.8) is 0 Å². The van der Waals surface area contributed by atoms with Gasteiger partial charge >= 0.3 is 0 Å². The van der Waals surface area contributed by atoms with Crippen molar-refractivity contribution >= 4 is 10.1 Å². The second-order valence-electron chi connectivity index (χ2n) is 14.3. The van der Waals surface area contributed by atoms with E-state index in [2.05, 4.69) is 26.0 Å². The van der Waals surface area contributed by atoms with E-state index in [-0.39, 0.29) is 13.2 Å². The summed E-state index contributed by atoms with van der Waals surface area (Å²) in [6.45, 7) is 5.49. The molecule has 0 radical (unpaired) electrons. The van der Waals surface area contributed by atoms with Crippen molar-refractivity contribution in [1.82, 2.24) is 0 Å². The van der Waals surface area contributed by atoms with Crippen molar-refractivity contribution in [1.29, 1.82) is 0 Å². The number of benzene rings is 1. The van der Waals surface area contributed by atoms with Gasteiger partial charge in [-0.2, -0.15) is 8.42 Å². The Morgan fingerprint density at radius 2 is 0.750 bits per heavy atom. The third-order valence-corrected chi connectivity index (χ3v) is 10.0. The van der Waals surface area contributed by atoms with Crippen LogP contribution in [0, 0.1) is 0 Å². The van der Waals surface area contributed by atoms with E-state index in [4.69, 9.17) is 13.7 Å². The van der Waals surface area contributed by atoms with Crippen LogP contribution < -0.4 is 9.47 Å². The zero-order valence-electron chi connectivity index (χ0n) is 32.0. The Hall–Kier alpha value is -1.27. The van der Waals surface area contributed by atoms with Gasteiger partial charge in [0, 0.05) is 6.07 Å². The molecule has 0 atom stereocenters. The number of hydrogen-bond donors (Lipinski definition) is 0. The number of aryl methyl sites for hydroxylation is 1. The Balaban J connectivity index is 2.23. The Labute approximate surface area is 299 Å². The molecule has 0 fully saturated rings. The fraction of sp³-hybridized carbons (Fsp3) is 0.857. The average molecular weight is 695 g/mol. The first-order chi connectivity index (χ1) is 23.4. The lowest BCUT2D eigenvalue weighted by Gasteiger charge is -2.13. The van der Waals surface area contributed by atoms with Gasteiger partial charge in [0.15, 0.2) is 0 Å². The smallest absolute Gasteiger partial charge is 0.264 e. The molecule has 282 valence electrons. The van der Waals surface area contributed by atoms with E-state index < -0.39 is 10.1 Å². The molecule has 1 rings (SSSR count). The third-order valence-electron chi connectivity index (χ3n) is 9.42. The van der Waals surface area contributed by atoms with Crippen LogP contribution in [0.1, 0.15) is 206 Å². The lowest BCUT2D eigenvalue weighted by Crippen LogP contribution is -2.11. The maximum absolute atomic E-state index is 11.3. The zero-order valence-corrected chi connectivity index (χ0v) is 32.8. The number of unbranched alkanes of at least 4 members (excludes halogenated alkanes) is 27. The Kier molecular flexibility index (Phi) is 30.7. The van der Waals surface area contributed by atoms with Crippen LogP contribution in [0.5, 0.6) is 11.5 Å². The maximum atomic E-state index is 11.3. The third kappa shape index (κ3) is 30.8. The summed E-state index contributed by atoms with van der Waals surface area (Å²) in [5.41, 5.74) is 1.22. The van der Waals surface area contributed by atoms with Crippen molar-refractivity contribution in [2.75, 3.05) is 26.1 Å². The Morgan fingerprint density at radius 1 is 0.417 bits per heavy atom. The highest BCUT2D eigenvalue weighted by Gasteiger charge is 2.07. The fourth-order valence-electron chi connectivity index (χ4n) is 6.47. The maximum Gasteiger partial charge on any atom is 0.264 e. The van der Waals surface area contributed by atoms with E-state index in [1.165, 1.54) is 179 Å². The molecule has 0 aliphatic carbocycles. The van der Waals surface area contributed by atoms with E-state index >= 15 is 0 Å². The molecule has 0 spiro atoms. The van der Waals surface area contributed by atoms with Crippen LogP contribution in [0.3, 0.4) is 0 Å². The normalized spacial score (nSPS) is 11.7. The quantitative estimate of drug-likeness (QED) is 0.0512. The van der Waals surface area contributed by atoms with Crippen LogP contribution in [0.25, 0.3) is 0 Å². The highest BCUT2D eigenvalue weighted by atomic mass is 32.2. The number of rotatable bonds is 37. The summed E-state index contributed by atoms with van der Waals surface area (Å²) in [7, 11) is -3.47. The van der Waals surface area contributed by atoms with Gasteiger partial charge in [0.25, 0.3) is 10.1 Å². The molecule has 5 nitrogen and oxygen atoms in total. The minimum atomic E-state index is -3.47. The molecular formula is C42H78O5S. The van der Waals surface area contributed by atoms with E-state index in [0.29, 0.717) is 0 Å². The standard InChI is InChI=1S/C42H78O5S/c1-4-6-8-10-12-14-16-18-19-20-22-24-26-28-30-32-34-45-41-37-40(38-42(39-41)46-35-36-47-48(3,43)44)33-31-29-27-25-23-21-17-15-13-11-9-7-5-2/h37-39H,4-36H2,1-3H3. The summed E-state index contributed by atoms with van der Waals surface area (Å²) >= 11 is 0. The zero-order chi connectivity index (χ0) is 34.8. The fourth-order valence-corrected chi connectivity index (χ4v) is 6.84. The topological polar surface area (TPSA) is 61.8 Å². The summed E-state index contributed by atoms with van der Waals surface area (Å²) < 4.78 is 39.5. The summed E-state index contributed by atoms with van der Waals surface area (Å²) in [6.07, 6.45) is 41.5. The molecular weight excluding hydrogens is 617 g/mol. The van der Waals surface area contributed by atoms with Gasteiger partial charge in [0.1, 0.15) is 24.7 Å². The Bertz CT molecular complexity index is 932. The van der Waals surface area contributed by atoms with Crippen molar-refractivity contribution in [2.24, 2.45) is 0 Å². The molecule has 0 aliphatic rings. The molecule has 6 heteroatoms. The SMILES string of the molecule is CCCCCCCCCCCCCCCCCCOc1cc(CCCCCCCCCCCCCCC)cc(OCCOS(C)(=O)=O)c1. The average Bonchev–Trinajstić information content (AvgIpc) is 3.06. The van der Waals surface area contributed by atoms with Crippen molar-refractivity contribution < 1.29 is 22.1 Å². The minimum absolute atomic E-state index is 0.0112. The van der Waals surface area contributed by atoms with Crippen LogP contribution in [0.4, 0.5) is 0 Å². The van der Waals surface area contributed by atoms with Crippen molar-refractivity contribution in [3.8, 4) is 11.5 Å². The van der Waals surface area contributed by atoms with Crippen LogP contribution in [0.15, 0.2) is 18.2 Å². The summed E-state index contributed by atoms with van der Waals surface area (Å²) in [5.74, 6) is 1.57. The van der Waals surface area contributed by atoms with Gasteiger partial charge in [0.05, 0.1) is 12.9 Å². The van der Waals surface area contributed by atoms with Gasteiger partial charge in [-0.1, -0.05) is 187 Å². The first kappa shape index (κ1) is 44.8. The van der Waals surface area contributed by atoms with Gasteiger partial charge in [-0.3, -0.25) is 4.18 Å². The van der Waals surface area contributed by atoms with Gasteiger partial charge < -0.3 is 9.47 Å². The molecule has 1 aromatic rings. The molecule has 0 unspecified atom stereocenters. The molecule has 0 aromatic heterocycles. The summed E-state index contributed by atoms with van der Waals surface area (Å²) in [6, 6.07) is 6.16. The lowest BCUT2D eigenvalue weighted by molar-refractivity contribution is 0.221. The largest absolute Gasteiger partial charge is 0.493 e. The number of hydrogen-bond acceptors (Lipinski definition) is 5. The highest BCUT2D eigenvalue weighted by molar-refractivity contribution is 7.85. The highest BCUT2D eigenvalue weighted by Crippen LogP contribution is 2.25. The molecule has 48 heavy (non-hydrogen) atoms. The van der Waals surface area contributed by atoms with Gasteiger partial charge in [-0.05, 0) is 37.0 Å². The van der Waals surface area contributed by atoms with E-state index in [0.717, 1.165) is 43.6 Å². The van der Waals surface area contributed by atoms with Crippen LogP contribution in [-0.2, 0) is 20.7 Å². The lowest BCUT2D eigenvalue weighted by atomic mass is 10.0. The minimum Gasteiger partial charge on any atom is -0.493 e. The second-order valence-corrected chi connectivity index (χ2v) is 16.0.